The van der Waals surface area contributed by atoms with E-state index in [-0.39, 0.29) is 5.82 Å². The Balaban J connectivity index is 1.97. The van der Waals surface area contributed by atoms with Crippen molar-refractivity contribution in [2.75, 3.05) is 33.4 Å². The van der Waals surface area contributed by atoms with Crippen LogP contribution >= 0.6 is 0 Å². The van der Waals surface area contributed by atoms with Crippen molar-refractivity contribution in [2.24, 2.45) is 0 Å². The SMILES string of the molecule is CN1CC=C(C2(c3ccc(F)cc3)OCCO2)CC1. The molecule has 0 atom stereocenters. The van der Waals surface area contributed by atoms with Gasteiger partial charge in [0.25, 0.3) is 0 Å². The molecule has 0 aliphatic carbocycles. The van der Waals surface area contributed by atoms with Crippen molar-refractivity contribution in [3.63, 3.8) is 0 Å². The van der Waals surface area contributed by atoms with E-state index in [1.807, 2.05) is 0 Å². The lowest BCUT2D eigenvalue weighted by Crippen LogP contribution is -2.35. The number of halogens is 1. The van der Waals surface area contributed by atoms with Gasteiger partial charge in [0.1, 0.15) is 5.82 Å². The van der Waals surface area contributed by atoms with Crippen LogP contribution in [0.3, 0.4) is 0 Å². The quantitative estimate of drug-likeness (QED) is 0.764. The van der Waals surface area contributed by atoms with E-state index >= 15 is 0 Å². The van der Waals surface area contributed by atoms with E-state index in [1.54, 1.807) is 12.1 Å². The van der Waals surface area contributed by atoms with E-state index in [4.69, 9.17) is 9.47 Å². The van der Waals surface area contributed by atoms with Gasteiger partial charge in [-0.25, -0.2) is 4.39 Å². The summed E-state index contributed by atoms with van der Waals surface area (Å²) in [6.07, 6.45) is 3.08. The third kappa shape index (κ3) is 2.31. The van der Waals surface area contributed by atoms with Gasteiger partial charge in [0.05, 0.1) is 13.2 Å². The van der Waals surface area contributed by atoms with Gasteiger partial charge in [-0.1, -0.05) is 18.2 Å². The zero-order chi connectivity index (χ0) is 13.3. The lowest BCUT2D eigenvalue weighted by atomic mass is 9.92. The zero-order valence-electron chi connectivity index (χ0n) is 11.1. The number of hydrogen-bond acceptors (Lipinski definition) is 3. The zero-order valence-corrected chi connectivity index (χ0v) is 11.1. The molecule has 0 spiro atoms. The molecule has 3 rings (SSSR count). The Labute approximate surface area is 112 Å². The number of rotatable bonds is 2. The molecule has 3 nitrogen and oxygen atoms in total. The highest BCUT2D eigenvalue weighted by atomic mass is 19.1. The minimum atomic E-state index is -0.797. The molecule has 19 heavy (non-hydrogen) atoms. The van der Waals surface area contributed by atoms with Crippen molar-refractivity contribution >= 4 is 0 Å². The molecule has 0 N–H and O–H groups in total. The van der Waals surface area contributed by atoms with Gasteiger partial charge in [0, 0.05) is 18.7 Å². The molecule has 2 aliphatic rings. The summed E-state index contributed by atoms with van der Waals surface area (Å²) in [6.45, 7) is 3.03. The smallest absolute Gasteiger partial charge is 0.218 e. The van der Waals surface area contributed by atoms with E-state index in [9.17, 15) is 4.39 Å². The number of hydrogen-bond donors (Lipinski definition) is 0. The van der Waals surface area contributed by atoms with E-state index in [2.05, 4.69) is 18.0 Å². The van der Waals surface area contributed by atoms with Crippen LogP contribution in [-0.2, 0) is 15.3 Å². The van der Waals surface area contributed by atoms with Crippen LogP contribution in [0.4, 0.5) is 4.39 Å². The molecule has 2 aliphatic heterocycles. The number of likely N-dealkylation sites (N-methyl/N-ethyl adjacent to an activating group) is 1. The summed E-state index contributed by atoms with van der Waals surface area (Å²) < 4.78 is 24.9. The summed E-state index contributed by atoms with van der Waals surface area (Å²) in [5.41, 5.74) is 2.02. The second kappa shape index (κ2) is 5.04. The topological polar surface area (TPSA) is 21.7 Å². The van der Waals surface area contributed by atoms with Gasteiger partial charge < -0.3 is 14.4 Å². The highest BCUT2D eigenvalue weighted by Crippen LogP contribution is 2.40. The molecule has 102 valence electrons. The monoisotopic (exact) mass is 263 g/mol. The fraction of sp³-hybridized carbons (Fsp3) is 0.467. The van der Waals surface area contributed by atoms with Crippen LogP contribution in [0.1, 0.15) is 12.0 Å². The second-order valence-corrected chi connectivity index (χ2v) is 5.06. The van der Waals surface area contributed by atoms with E-state index in [1.165, 1.54) is 12.1 Å². The summed E-state index contributed by atoms with van der Waals surface area (Å²) in [4.78, 5) is 2.25. The first kappa shape index (κ1) is 12.8. The highest BCUT2D eigenvalue weighted by Gasteiger charge is 2.42. The third-order valence-corrected chi connectivity index (χ3v) is 3.75. The Kier molecular flexibility index (Phi) is 3.39. The molecule has 0 amide bonds. The molecule has 1 fully saturated rings. The molecule has 2 heterocycles. The Morgan fingerprint density at radius 1 is 1.16 bits per heavy atom. The molecule has 1 aromatic rings. The first-order valence-electron chi connectivity index (χ1n) is 6.63. The maximum atomic E-state index is 13.1. The average molecular weight is 263 g/mol. The summed E-state index contributed by atoms with van der Waals surface area (Å²) in [6, 6.07) is 6.41. The normalized spacial score (nSPS) is 23.4. The van der Waals surface area contributed by atoms with Crippen LogP contribution in [0.25, 0.3) is 0 Å². The Morgan fingerprint density at radius 3 is 2.42 bits per heavy atom. The molecule has 0 bridgehead atoms. The second-order valence-electron chi connectivity index (χ2n) is 5.06. The number of nitrogens with zero attached hydrogens (tertiary/aromatic N) is 1. The van der Waals surface area contributed by atoms with Gasteiger partial charge in [0.15, 0.2) is 0 Å². The molecule has 0 saturated carbocycles. The Morgan fingerprint density at radius 2 is 1.84 bits per heavy atom. The van der Waals surface area contributed by atoms with Crippen LogP contribution in [0.15, 0.2) is 35.9 Å². The van der Waals surface area contributed by atoms with Crippen molar-refractivity contribution < 1.29 is 13.9 Å². The van der Waals surface area contributed by atoms with Gasteiger partial charge >= 0.3 is 0 Å². The van der Waals surface area contributed by atoms with Crippen LogP contribution in [0.5, 0.6) is 0 Å². The molecule has 0 unspecified atom stereocenters. The predicted molar refractivity (Wildman–Crippen MR) is 70.2 cm³/mol. The fourth-order valence-electron chi connectivity index (χ4n) is 2.69. The van der Waals surface area contributed by atoms with Gasteiger partial charge in [-0.2, -0.15) is 0 Å². The molecule has 0 aromatic heterocycles. The first-order valence-corrected chi connectivity index (χ1v) is 6.63. The number of benzene rings is 1. The van der Waals surface area contributed by atoms with Crippen molar-refractivity contribution in [2.45, 2.75) is 12.2 Å². The Bertz CT molecular complexity index is 477. The molecule has 4 heteroatoms. The van der Waals surface area contributed by atoms with Gasteiger partial charge in [0.2, 0.25) is 5.79 Å². The first-order chi connectivity index (χ1) is 9.21. The lowest BCUT2D eigenvalue weighted by Gasteiger charge is -2.34. The molecular weight excluding hydrogens is 245 g/mol. The third-order valence-electron chi connectivity index (χ3n) is 3.75. The van der Waals surface area contributed by atoms with Crippen LogP contribution in [0.2, 0.25) is 0 Å². The largest absolute Gasteiger partial charge is 0.340 e. The van der Waals surface area contributed by atoms with Crippen molar-refractivity contribution in [1.82, 2.24) is 4.90 Å². The van der Waals surface area contributed by atoms with Crippen LogP contribution in [-0.4, -0.2) is 38.3 Å². The lowest BCUT2D eigenvalue weighted by molar-refractivity contribution is -0.136. The molecular formula is C15H18FNO2. The summed E-state index contributed by atoms with van der Waals surface area (Å²) in [5, 5.41) is 0. The van der Waals surface area contributed by atoms with E-state index in [0.29, 0.717) is 13.2 Å². The minimum absolute atomic E-state index is 0.241. The van der Waals surface area contributed by atoms with E-state index < -0.39 is 5.79 Å². The average Bonchev–Trinajstić information content (AvgIpc) is 2.91. The standard InChI is InChI=1S/C15H18FNO2/c1-17-8-6-13(7-9-17)15(18-10-11-19-15)12-2-4-14(16)5-3-12/h2-6H,7-11H2,1H3. The van der Waals surface area contributed by atoms with Crippen molar-refractivity contribution in [1.29, 1.82) is 0 Å². The van der Waals surface area contributed by atoms with Crippen LogP contribution < -0.4 is 0 Å². The molecule has 0 radical (unpaired) electrons. The maximum Gasteiger partial charge on any atom is 0.218 e. The summed E-state index contributed by atoms with van der Waals surface area (Å²) in [5.74, 6) is -1.04. The van der Waals surface area contributed by atoms with Crippen molar-refractivity contribution in [3.05, 3.63) is 47.3 Å². The molecule has 1 saturated heterocycles. The maximum absolute atomic E-state index is 13.1. The summed E-state index contributed by atoms with van der Waals surface area (Å²) >= 11 is 0. The van der Waals surface area contributed by atoms with Crippen LogP contribution in [0, 0.1) is 5.82 Å². The molecule has 1 aromatic carbocycles. The van der Waals surface area contributed by atoms with Gasteiger partial charge in [-0.3, -0.25) is 0 Å². The minimum Gasteiger partial charge on any atom is -0.340 e. The Hall–Kier alpha value is -1.23. The predicted octanol–water partition coefficient (Wildman–Crippen LogP) is 2.29. The van der Waals surface area contributed by atoms with E-state index in [0.717, 1.165) is 30.6 Å². The summed E-state index contributed by atoms with van der Waals surface area (Å²) in [7, 11) is 2.09. The highest BCUT2D eigenvalue weighted by molar-refractivity contribution is 5.32. The van der Waals surface area contributed by atoms with Gasteiger partial charge in [-0.15, -0.1) is 0 Å². The van der Waals surface area contributed by atoms with Gasteiger partial charge in [-0.05, 0) is 31.2 Å². The van der Waals surface area contributed by atoms with Crippen molar-refractivity contribution in [3.8, 4) is 0 Å². The fourth-order valence-corrected chi connectivity index (χ4v) is 2.69. The number of ether oxygens (including phenoxy) is 2.